The van der Waals surface area contributed by atoms with E-state index in [1.165, 1.54) is 0 Å². The summed E-state index contributed by atoms with van der Waals surface area (Å²) >= 11 is 0. The molecule has 0 heterocycles. The molecule has 72 valence electrons. The lowest BCUT2D eigenvalue weighted by Crippen LogP contribution is -2.30. The Bertz CT molecular complexity index is 121. The molecule has 0 aliphatic heterocycles. The zero-order valence-electron chi connectivity index (χ0n) is 8.51. The summed E-state index contributed by atoms with van der Waals surface area (Å²) in [5.74, 6) is 6.62. The smallest absolute Gasteiger partial charge is 0.0126 e. The van der Waals surface area contributed by atoms with Crippen LogP contribution in [0.2, 0.25) is 0 Å². The van der Waals surface area contributed by atoms with E-state index in [4.69, 9.17) is 5.84 Å². The Morgan fingerprint density at radius 2 is 1.92 bits per heavy atom. The van der Waals surface area contributed by atoms with E-state index in [1.54, 1.807) is 0 Å². The lowest BCUT2D eigenvalue weighted by molar-refractivity contribution is 0.372. The monoisotopic (exact) mass is 170 g/mol. The Morgan fingerprint density at radius 1 is 1.25 bits per heavy atom. The van der Waals surface area contributed by atoms with Crippen LogP contribution in [0.5, 0.6) is 0 Å². The fourth-order valence-corrected chi connectivity index (χ4v) is 1.10. The molecule has 2 heteroatoms. The summed E-state index contributed by atoms with van der Waals surface area (Å²) in [4.78, 5) is 0. The highest BCUT2D eigenvalue weighted by Gasteiger charge is 2.08. The first-order valence-electron chi connectivity index (χ1n) is 4.80. The SMILES string of the molecule is CC/C=C\CC(C)[C@@H](C)CNN. The van der Waals surface area contributed by atoms with E-state index in [9.17, 15) is 0 Å². The van der Waals surface area contributed by atoms with Crippen LogP contribution in [0, 0.1) is 11.8 Å². The highest BCUT2D eigenvalue weighted by molar-refractivity contribution is 4.83. The first-order valence-corrected chi connectivity index (χ1v) is 4.80. The van der Waals surface area contributed by atoms with Gasteiger partial charge in [-0.3, -0.25) is 11.3 Å². The van der Waals surface area contributed by atoms with Crippen LogP contribution in [0.4, 0.5) is 0 Å². The predicted octanol–water partition coefficient (Wildman–Crippen LogP) is 2.08. The average Bonchev–Trinajstić information content (AvgIpc) is 2.05. The molecule has 0 fully saturated rings. The molecular formula is C10H22N2. The summed E-state index contributed by atoms with van der Waals surface area (Å²) < 4.78 is 0. The molecule has 3 N–H and O–H groups in total. The van der Waals surface area contributed by atoms with Crippen molar-refractivity contribution in [2.45, 2.75) is 33.6 Å². The lowest BCUT2D eigenvalue weighted by atomic mass is 9.93. The van der Waals surface area contributed by atoms with E-state index in [2.05, 4.69) is 38.3 Å². The lowest BCUT2D eigenvalue weighted by Gasteiger charge is -2.17. The molecule has 2 atom stereocenters. The van der Waals surface area contributed by atoms with Crippen molar-refractivity contribution >= 4 is 0 Å². The Labute approximate surface area is 76.2 Å². The molecule has 0 aliphatic carbocycles. The highest BCUT2D eigenvalue weighted by atomic mass is 15.2. The van der Waals surface area contributed by atoms with Crippen LogP contribution in [0.15, 0.2) is 12.2 Å². The van der Waals surface area contributed by atoms with Gasteiger partial charge in [0, 0.05) is 6.54 Å². The summed E-state index contributed by atoms with van der Waals surface area (Å²) in [6.07, 6.45) is 6.78. The Hall–Kier alpha value is -0.340. The van der Waals surface area contributed by atoms with E-state index < -0.39 is 0 Å². The van der Waals surface area contributed by atoms with Crippen molar-refractivity contribution in [2.75, 3.05) is 6.54 Å². The number of hydrogen-bond donors (Lipinski definition) is 2. The van der Waals surface area contributed by atoms with Crippen LogP contribution >= 0.6 is 0 Å². The molecule has 0 aromatic carbocycles. The standard InChI is InChI=1S/C10H22N2/c1-4-5-6-7-9(2)10(3)8-12-11/h5-6,9-10,12H,4,7-8,11H2,1-3H3/b6-5-/t9?,10-/m0/s1. The van der Waals surface area contributed by atoms with Crippen LogP contribution in [0.25, 0.3) is 0 Å². The molecule has 0 saturated carbocycles. The molecule has 0 aromatic heterocycles. The second-order valence-electron chi connectivity index (χ2n) is 3.48. The molecule has 0 aromatic rings. The van der Waals surface area contributed by atoms with Crippen molar-refractivity contribution in [3.8, 4) is 0 Å². The summed E-state index contributed by atoms with van der Waals surface area (Å²) in [6, 6.07) is 0. The Balaban J connectivity index is 3.55. The third-order valence-corrected chi connectivity index (χ3v) is 2.32. The first-order chi connectivity index (χ1) is 5.72. The molecule has 0 radical (unpaired) electrons. The number of rotatable bonds is 6. The van der Waals surface area contributed by atoms with Crippen LogP contribution in [-0.2, 0) is 0 Å². The van der Waals surface area contributed by atoms with Gasteiger partial charge in [0.25, 0.3) is 0 Å². The van der Waals surface area contributed by atoms with Gasteiger partial charge in [-0.05, 0) is 24.7 Å². The quantitative estimate of drug-likeness (QED) is 0.364. The van der Waals surface area contributed by atoms with E-state index in [0.29, 0.717) is 11.8 Å². The molecule has 2 nitrogen and oxygen atoms in total. The zero-order valence-corrected chi connectivity index (χ0v) is 8.51. The Kier molecular flexibility index (Phi) is 7.11. The second-order valence-corrected chi connectivity index (χ2v) is 3.48. The van der Waals surface area contributed by atoms with Crippen molar-refractivity contribution in [3.63, 3.8) is 0 Å². The fourth-order valence-electron chi connectivity index (χ4n) is 1.10. The molecule has 0 bridgehead atoms. The van der Waals surface area contributed by atoms with E-state index in [-0.39, 0.29) is 0 Å². The highest BCUT2D eigenvalue weighted by Crippen LogP contribution is 2.14. The van der Waals surface area contributed by atoms with Crippen LogP contribution in [-0.4, -0.2) is 6.54 Å². The molecule has 12 heavy (non-hydrogen) atoms. The van der Waals surface area contributed by atoms with Gasteiger partial charge in [-0.2, -0.15) is 0 Å². The van der Waals surface area contributed by atoms with Gasteiger partial charge in [0.2, 0.25) is 0 Å². The molecule has 0 amide bonds. The third-order valence-electron chi connectivity index (χ3n) is 2.32. The minimum absolute atomic E-state index is 0.650. The van der Waals surface area contributed by atoms with Crippen molar-refractivity contribution in [1.29, 1.82) is 0 Å². The van der Waals surface area contributed by atoms with Crippen LogP contribution < -0.4 is 11.3 Å². The normalized spacial score (nSPS) is 16.7. The van der Waals surface area contributed by atoms with Crippen molar-refractivity contribution in [3.05, 3.63) is 12.2 Å². The molecular weight excluding hydrogens is 148 g/mol. The molecule has 0 saturated heterocycles. The molecule has 0 aliphatic rings. The number of hydrogen-bond acceptors (Lipinski definition) is 2. The van der Waals surface area contributed by atoms with Crippen molar-refractivity contribution in [2.24, 2.45) is 17.7 Å². The zero-order chi connectivity index (χ0) is 9.40. The van der Waals surface area contributed by atoms with Gasteiger partial charge in [-0.15, -0.1) is 0 Å². The maximum absolute atomic E-state index is 5.25. The summed E-state index contributed by atoms with van der Waals surface area (Å²) in [7, 11) is 0. The van der Waals surface area contributed by atoms with Crippen molar-refractivity contribution < 1.29 is 0 Å². The Morgan fingerprint density at radius 3 is 2.42 bits per heavy atom. The van der Waals surface area contributed by atoms with Gasteiger partial charge in [0.15, 0.2) is 0 Å². The number of hydrazine groups is 1. The maximum Gasteiger partial charge on any atom is 0.0126 e. The number of nitrogens with one attached hydrogen (secondary N) is 1. The van der Waals surface area contributed by atoms with Crippen LogP contribution in [0.1, 0.15) is 33.6 Å². The van der Waals surface area contributed by atoms with E-state index >= 15 is 0 Å². The number of nitrogens with two attached hydrogens (primary N) is 1. The van der Waals surface area contributed by atoms with Crippen molar-refractivity contribution in [1.82, 2.24) is 5.43 Å². The number of allylic oxidation sites excluding steroid dienone is 2. The largest absolute Gasteiger partial charge is 0.271 e. The minimum Gasteiger partial charge on any atom is -0.271 e. The van der Waals surface area contributed by atoms with Gasteiger partial charge >= 0.3 is 0 Å². The summed E-state index contributed by atoms with van der Waals surface area (Å²) in [6.45, 7) is 7.56. The van der Waals surface area contributed by atoms with Gasteiger partial charge < -0.3 is 0 Å². The van der Waals surface area contributed by atoms with E-state index in [1.807, 2.05) is 0 Å². The fraction of sp³-hybridized carbons (Fsp3) is 0.800. The average molecular weight is 170 g/mol. The van der Waals surface area contributed by atoms with Crippen LogP contribution in [0.3, 0.4) is 0 Å². The predicted molar refractivity (Wildman–Crippen MR) is 54.6 cm³/mol. The molecule has 1 unspecified atom stereocenters. The van der Waals surface area contributed by atoms with Gasteiger partial charge in [-0.1, -0.05) is 32.9 Å². The van der Waals surface area contributed by atoms with E-state index in [0.717, 1.165) is 19.4 Å². The maximum atomic E-state index is 5.25. The topological polar surface area (TPSA) is 38.0 Å². The van der Waals surface area contributed by atoms with Gasteiger partial charge in [-0.25, -0.2) is 0 Å². The third kappa shape index (κ3) is 5.33. The van der Waals surface area contributed by atoms with Gasteiger partial charge in [0.1, 0.15) is 0 Å². The summed E-state index contributed by atoms with van der Waals surface area (Å²) in [5, 5.41) is 0. The molecule has 0 spiro atoms. The first kappa shape index (κ1) is 11.7. The summed E-state index contributed by atoms with van der Waals surface area (Å²) in [5.41, 5.74) is 2.71. The van der Waals surface area contributed by atoms with Gasteiger partial charge in [0.05, 0.1) is 0 Å². The molecule has 0 rings (SSSR count). The minimum atomic E-state index is 0.650. The second kappa shape index (κ2) is 7.32.